The van der Waals surface area contributed by atoms with Crippen LogP contribution in [0.2, 0.25) is 0 Å². The van der Waals surface area contributed by atoms with Gasteiger partial charge >= 0.3 is 0 Å². The Labute approximate surface area is 203 Å². The van der Waals surface area contributed by atoms with Crippen molar-refractivity contribution in [1.82, 2.24) is 4.98 Å². The lowest BCUT2D eigenvalue weighted by Gasteiger charge is -2.13. The number of amides is 2. The molecule has 6 rings (SSSR count). The lowest BCUT2D eigenvalue weighted by atomic mass is 10.1. The Morgan fingerprint density at radius 3 is 2.33 bits per heavy atom. The number of nitrogens with zero attached hydrogens (tertiary/aromatic N) is 3. The van der Waals surface area contributed by atoms with Crippen LogP contribution in [-0.2, 0) is 0 Å². The van der Waals surface area contributed by atoms with E-state index in [2.05, 4.69) is 4.98 Å². The summed E-state index contributed by atoms with van der Waals surface area (Å²) >= 11 is 0. The largest absolute Gasteiger partial charge is 0.457 e. The van der Waals surface area contributed by atoms with Crippen LogP contribution in [0.3, 0.4) is 0 Å². The lowest BCUT2D eigenvalue weighted by molar-refractivity contribution is -0.384. The third-order valence-corrected chi connectivity index (χ3v) is 5.79. The molecule has 0 unspecified atom stereocenters. The molecular weight excluding hydrogens is 462 g/mol. The van der Waals surface area contributed by atoms with E-state index in [4.69, 9.17) is 9.15 Å². The normalized spacial score (nSPS) is 12.7. The molecule has 1 aromatic heterocycles. The van der Waals surface area contributed by atoms with Gasteiger partial charge < -0.3 is 9.15 Å². The molecule has 0 spiro atoms. The Hall–Kier alpha value is -5.31. The van der Waals surface area contributed by atoms with Crippen LogP contribution in [0, 0.1) is 10.1 Å². The van der Waals surface area contributed by atoms with E-state index in [0.717, 1.165) is 10.4 Å². The van der Waals surface area contributed by atoms with E-state index in [0.29, 0.717) is 22.7 Å². The fourth-order valence-electron chi connectivity index (χ4n) is 4.06. The molecule has 9 heteroatoms. The van der Waals surface area contributed by atoms with Crippen molar-refractivity contribution in [2.75, 3.05) is 4.90 Å². The number of anilines is 1. The quantitative estimate of drug-likeness (QED) is 0.173. The topological polar surface area (TPSA) is 116 Å². The standard InChI is InChI=1S/C27H15N3O6/c31-26-21-13-12-20(35-19-5-3-4-18(14-19)30(33)34)15-22(21)27(32)29(26)17-10-8-16(9-11-17)25-28-23-6-1-2-7-24(23)36-25/h1-15H. The smallest absolute Gasteiger partial charge is 0.273 e. The Morgan fingerprint density at radius 2 is 1.56 bits per heavy atom. The monoisotopic (exact) mass is 477 g/mol. The molecule has 0 bridgehead atoms. The molecule has 1 aliphatic heterocycles. The van der Waals surface area contributed by atoms with E-state index in [1.165, 1.54) is 30.3 Å². The third kappa shape index (κ3) is 3.55. The highest BCUT2D eigenvalue weighted by molar-refractivity contribution is 6.34. The summed E-state index contributed by atoms with van der Waals surface area (Å²) in [6.07, 6.45) is 0. The van der Waals surface area contributed by atoms with Gasteiger partial charge in [-0.15, -0.1) is 0 Å². The maximum absolute atomic E-state index is 13.2. The first-order valence-electron chi connectivity index (χ1n) is 10.9. The summed E-state index contributed by atoms with van der Waals surface area (Å²) in [5.74, 6) is 0.0183. The molecule has 36 heavy (non-hydrogen) atoms. The number of rotatable bonds is 5. The molecule has 1 aliphatic rings. The molecular formula is C27H15N3O6. The average Bonchev–Trinajstić information content (AvgIpc) is 3.43. The van der Waals surface area contributed by atoms with E-state index in [9.17, 15) is 19.7 Å². The summed E-state index contributed by atoms with van der Waals surface area (Å²) in [4.78, 5) is 42.2. The second-order valence-corrected chi connectivity index (χ2v) is 8.04. The molecule has 2 heterocycles. The zero-order valence-corrected chi connectivity index (χ0v) is 18.5. The van der Waals surface area contributed by atoms with Gasteiger partial charge in [0.15, 0.2) is 5.58 Å². The van der Waals surface area contributed by atoms with E-state index in [1.807, 2.05) is 24.3 Å². The Bertz CT molecular complexity index is 1660. The fourth-order valence-corrected chi connectivity index (χ4v) is 4.06. The SMILES string of the molecule is O=C1c2ccc(Oc3cccc([N+](=O)[O-])c3)cc2C(=O)N1c1ccc(-c2nc3ccccc3o2)cc1. The minimum atomic E-state index is -0.523. The first-order valence-corrected chi connectivity index (χ1v) is 10.9. The summed E-state index contributed by atoms with van der Waals surface area (Å²) in [6.45, 7) is 0. The van der Waals surface area contributed by atoms with Crippen LogP contribution in [0.4, 0.5) is 11.4 Å². The predicted octanol–water partition coefficient (Wildman–Crippen LogP) is 6.00. The highest BCUT2D eigenvalue weighted by Crippen LogP contribution is 2.34. The zero-order chi connectivity index (χ0) is 24.8. The van der Waals surface area contributed by atoms with E-state index >= 15 is 0 Å². The van der Waals surface area contributed by atoms with Crippen LogP contribution in [0.1, 0.15) is 20.7 Å². The summed E-state index contributed by atoms with van der Waals surface area (Å²) in [6, 6.07) is 24.4. The molecule has 5 aromatic rings. The van der Waals surface area contributed by atoms with Crippen LogP contribution in [0.15, 0.2) is 95.4 Å². The third-order valence-electron chi connectivity index (χ3n) is 5.79. The number of benzene rings is 4. The van der Waals surface area contributed by atoms with Crippen LogP contribution in [0.5, 0.6) is 11.5 Å². The van der Waals surface area contributed by atoms with E-state index in [1.54, 1.807) is 36.4 Å². The summed E-state index contributed by atoms with van der Waals surface area (Å²) in [7, 11) is 0. The Balaban J connectivity index is 1.26. The van der Waals surface area contributed by atoms with Crippen molar-refractivity contribution in [3.63, 3.8) is 0 Å². The number of nitro groups is 1. The number of fused-ring (bicyclic) bond motifs is 2. The van der Waals surface area contributed by atoms with Crippen LogP contribution >= 0.6 is 0 Å². The molecule has 0 radical (unpaired) electrons. The summed E-state index contributed by atoms with van der Waals surface area (Å²) in [5, 5.41) is 11.0. The zero-order valence-electron chi connectivity index (χ0n) is 18.5. The minimum Gasteiger partial charge on any atom is -0.457 e. The second kappa shape index (κ2) is 8.17. The fraction of sp³-hybridized carbons (Fsp3) is 0. The highest BCUT2D eigenvalue weighted by atomic mass is 16.6. The molecule has 0 N–H and O–H groups in total. The van der Waals surface area contributed by atoms with Crippen molar-refractivity contribution in [1.29, 1.82) is 0 Å². The highest BCUT2D eigenvalue weighted by Gasteiger charge is 2.37. The molecule has 9 nitrogen and oxygen atoms in total. The maximum atomic E-state index is 13.2. The first kappa shape index (κ1) is 21.2. The van der Waals surface area contributed by atoms with Gasteiger partial charge in [-0.3, -0.25) is 19.7 Å². The van der Waals surface area contributed by atoms with Gasteiger partial charge in [0.2, 0.25) is 5.89 Å². The van der Waals surface area contributed by atoms with Gasteiger partial charge in [-0.1, -0.05) is 18.2 Å². The molecule has 0 fully saturated rings. The molecule has 4 aromatic carbocycles. The predicted molar refractivity (Wildman–Crippen MR) is 130 cm³/mol. The van der Waals surface area contributed by atoms with Crippen molar-refractivity contribution in [3.8, 4) is 23.0 Å². The van der Waals surface area contributed by atoms with Gasteiger partial charge in [0.25, 0.3) is 17.5 Å². The number of hydrogen-bond donors (Lipinski definition) is 0. The van der Waals surface area contributed by atoms with E-state index < -0.39 is 16.7 Å². The molecule has 174 valence electrons. The van der Waals surface area contributed by atoms with Gasteiger partial charge in [-0.25, -0.2) is 9.88 Å². The summed E-state index contributed by atoms with van der Waals surface area (Å²) in [5.41, 5.74) is 2.83. The number of ether oxygens (including phenoxy) is 1. The Morgan fingerprint density at radius 1 is 0.806 bits per heavy atom. The molecule has 0 aliphatic carbocycles. The second-order valence-electron chi connectivity index (χ2n) is 8.04. The van der Waals surface area contributed by atoms with Gasteiger partial charge in [-0.05, 0) is 60.7 Å². The first-order chi connectivity index (χ1) is 17.5. The molecule has 0 saturated heterocycles. The van der Waals surface area contributed by atoms with Crippen molar-refractivity contribution < 1.29 is 23.7 Å². The number of nitro benzene ring substituents is 1. The van der Waals surface area contributed by atoms with Gasteiger partial charge in [-0.2, -0.15) is 0 Å². The number of imide groups is 1. The van der Waals surface area contributed by atoms with E-state index in [-0.39, 0.29) is 28.3 Å². The van der Waals surface area contributed by atoms with Gasteiger partial charge in [0.1, 0.15) is 17.0 Å². The summed E-state index contributed by atoms with van der Waals surface area (Å²) < 4.78 is 11.5. The number of non-ortho nitro benzene ring substituents is 1. The van der Waals surface area contributed by atoms with Crippen molar-refractivity contribution in [2.24, 2.45) is 0 Å². The molecule has 0 saturated carbocycles. The van der Waals surface area contributed by atoms with Crippen LogP contribution in [0.25, 0.3) is 22.6 Å². The molecule has 2 amide bonds. The number of aromatic nitrogens is 1. The number of carbonyl (C=O) groups is 2. The van der Waals surface area contributed by atoms with Crippen molar-refractivity contribution in [3.05, 3.63) is 112 Å². The Kier molecular flexibility index (Phi) is 4.82. The van der Waals surface area contributed by atoms with Crippen molar-refractivity contribution >= 4 is 34.3 Å². The number of carbonyl (C=O) groups excluding carboxylic acids is 2. The van der Waals surface area contributed by atoms with Crippen molar-refractivity contribution in [2.45, 2.75) is 0 Å². The molecule has 0 atom stereocenters. The minimum absolute atomic E-state index is 0.118. The van der Waals surface area contributed by atoms with Gasteiger partial charge in [0, 0.05) is 11.6 Å². The number of oxazole rings is 1. The lowest BCUT2D eigenvalue weighted by Crippen LogP contribution is -2.29. The van der Waals surface area contributed by atoms with Gasteiger partial charge in [0.05, 0.1) is 27.8 Å². The average molecular weight is 477 g/mol. The number of para-hydroxylation sites is 2. The maximum Gasteiger partial charge on any atom is 0.273 e. The number of hydrogen-bond acceptors (Lipinski definition) is 7. The van der Waals surface area contributed by atoms with Crippen LogP contribution in [-0.4, -0.2) is 21.7 Å². The van der Waals surface area contributed by atoms with Crippen LogP contribution < -0.4 is 9.64 Å².